The van der Waals surface area contributed by atoms with Crippen molar-refractivity contribution < 1.29 is 22.1 Å². The molecule has 0 saturated carbocycles. The molecule has 0 saturated heterocycles. The molecule has 1 heterocycles. The van der Waals surface area contributed by atoms with E-state index in [4.69, 9.17) is 28.9 Å². The van der Waals surface area contributed by atoms with Gasteiger partial charge in [0.1, 0.15) is 17.1 Å². The van der Waals surface area contributed by atoms with Crippen molar-refractivity contribution in [3.63, 3.8) is 0 Å². The standard InChI is InChI=1S/C12H8Cl2F3N3O2S/c1-4-8(11(21)22-23)10(18)20(19-4)9-6(13)2-5(3-7(9)14)12(15,16)17/h2-3,23H,18H2,1H3. The fourth-order valence-electron chi connectivity index (χ4n) is 1.95. The van der Waals surface area contributed by atoms with Crippen molar-refractivity contribution >= 4 is 47.9 Å². The fraction of sp³-hybridized carbons (Fsp3) is 0.167. The van der Waals surface area contributed by atoms with E-state index in [0.29, 0.717) is 12.1 Å². The van der Waals surface area contributed by atoms with E-state index >= 15 is 0 Å². The van der Waals surface area contributed by atoms with Crippen LogP contribution in [0, 0.1) is 6.92 Å². The molecule has 23 heavy (non-hydrogen) atoms. The number of rotatable bonds is 2. The van der Waals surface area contributed by atoms with Gasteiger partial charge in [0.2, 0.25) is 0 Å². The van der Waals surface area contributed by atoms with E-state index in [2.05, 4.69) is 22.2 Å². The minimum Gasteiger partial charge on any atom is -0.391 e. The smallest absolute Gasteiger partial charge is 0.391 e. The quantitative estimate of drug-likeness (QED) is 0.603. The Bertz CT molecular complexity index is 770. The van der Waals surface area contributed by atoms with Crippen LogP contribution in [0.5, 0.6) is 0 Å². The number of aryl methyl sites for hydroxylation is 1. The van der Waals surface area contributed by atoms with Gasteiger partial charge < -0.3 is 9.92 Å². The zero-order chi connectivity index (χ0) is 17.5. The number of hydrogen-bond donors (Lipinski definition) is 2. The number of carbonyl (C=O) groups excluding carboxylic acids is 1. The second-order valence-electron chi connectivity index (χ2n) is 4.42. The molecule has 1 aromatic carbocycles. The number of hydrogen-bond acceptors (Lipinski definition) is 5. The lowest BCUT2D eigenvalue weighted by molar-refractivity contribution is -0.137. The third-order valence-corrected chi connectivity index (χ3v) is 3.68. The number of anilines is 1. The number of nitrogens with two attached hydrogens (primary N) is 1. The summed E-state index contributed by atoms with van der Waals surface area (Å²) in [6.07, 6.45) is -4.61. The summed E-state index contributed by atoms with van der Waals surface area (Å²) < 4.78 is 43.5. The zero-order valence-corrected chi connectivity index (χ0v) is 13.7. The lowest BCUT2D eigenvalue weighted by Gasteiger charge is -2.13. The van der Waals surface area contributed by atoms with Crippen molar-refractivity contribution in [3.8, 4) is 5.69 Å². The molecule has 2 rings (SSSR count). The number of nitrogen functional groups attached to an aromatic ring is 1. The Kier molecular flexibility index (Phi) is 4.74. The first-order valence-corrected chi connectivity index (χ1v) is 6.97. The fourth-order valence-corrected chi connectivity index (χ4v) is 2.68. The van der Waals surface area contributed by atoms with Crippen LogP contribution in [0.25, 0.3) is 5.69 Å². The van der Waals surface area contributed by atoms with Crippen LogP contribution in [0.1, 0.15) is 21.6 Å². The van der Waals surface area contributed by atoms with Crippen LogP contribution < -0.4 is 5.73 Å². The average molecular weight is 386 g/mol. The van der Waals surface area contributed by atoms with Crippen LogP contribution in [0.4, 0.5) is 19.0 Å². The molecule has 0 amide bonds. The highest BCUT2D eigenvalue weighted by atomic mass is 35.5. The molecule has 5 nitrogen and oxygen atoms in total. The van der Waals surface area contributed by atoms with E-state index in [1.54, 1.807) is 0 Å². The van der Waals surface area contributed by atoms with Crippen molar-refractivity contribution in [1.82, 2.24) is 9.78 Å². The molecule has 0 aliphatic carbocycles. The highest BCUT2D eigenvalue weighted by Crippen LogP contribution is 2.38. The highest BCUT2D eigenvalue weighted by molar-refractivity contribution is 7.75. The van der Waals surface area contributed by atoms with Crippen LogP contribution in [-0.2, 0) is 10.4 Å². The normalized spacial score (nSPS) is 11.6. The molecule has 0 bridgehead atoms. The van der Waals surface area contributed by atoms with Crippen molar-refractivity contribution in [1.29, 1.82) is 0 Å². The molecule has 0 spiro atoms. The third-order valence-electron chi connectivity index (χ3n) is 2.94. The van der Waals surface area contributed by atoms with Gasteiger partial charge in [-0.15, -0.1) is 0 Å². The average Bonchev–Trinajstić information content (AvgIpc) is 2.71. The summed E-state index contributed by atoms with van der Waals surface area (Å²) in [5.41, 5.74) is 4.78. The maximum atomic E-state index is 12.7. The molecule has 0 atom stereocenters. The van der Waals surface area contributed by atoms with Gasteiger partial charge in [-0.2, -0.15) is 18.3 Å². The number of carbonyl (C=O) groups is 1. The second-order valence-corrected chi connectivity index (χ2v) is 5.42. The van der Waals surface area contributed by atoms with Crippen LogP contribution >= 0.6 is 36.1 Å². The maximum absolute atomic E-state index is 12.7. The van der Waals surface area contributed by atoms with Gasteiger partial charge in [-0.25, -0.2) is 9.48 Å². The van der Waals surface area contributed by atoms with Crippen LogP contribution in [0.15, 0.2) is 12.1 Å². The van der Waals surface area contributed by atoms with Gasteiger partial charge in [-0.3, -0.25) is 0 Å². The maximum Gasteiger partial charge on any atom is 0.416 e. The van der Waals surface area contributed by atoms with Gasteiger partial charge >= 0.3 is 12.1 Å². The SMILES string of the molecule is Cc1nn(-c2c(Cl)cc(C(F)(F)F)cc2Cl)c(N)c1C(=O)OS. The van der Waals surface area contributed by atoms with Crippen molar-refractivity contribution in [2.45, 2.75) is 13.1 Å². The lowest BCUT2D eigenvalue weighted by Crippen LogP contribution is -2.09. The van der Waals surface area contributed by atoms with E-state index in [9.17, 15) is 18.0 Å². The number of nitrogens with zero attached hydrogens (tertiary/aromatic N) is 2. The number of alkyl halides is 3. The summed E-state index contributed by atoms with van der Waals surface area (Å²) in [7, 11) is 0. The van der Waals surface area contributed by atoms with Crippen molar-refractivity contribution in [2.75, 3.05) is 5.73 Å². The molecule has 0 radical (unpaired) electrons. The molecule has 0 aliphatic heterocycles. The van der Waals surface area contributed by atoms with Gasteiger partial charge in [0.25, 0.3) is 0 Å². The monoisotopic (exact) mass is 385 g/mol. The lowest BCUT2D eigenvalue weighted by atomic mass is 10.2. The number of aromatic nitrogens is 2. The molecule has 0 aliphatic rings. The zero-order valence-electron chi connectivity index (χ0n) is 11.3. The summed E-state index contributed by atoms with van der Waals surface area (Å²) in [6, 6.07) is 1.38. The molecule has 0 unspecified atom stereocenters. The minimum atomic E-state index is -4.61. The second kappa shape index (κ2) is 6.14. The molecule has 1 aromatic heterocycles. The van der Waals surface area contributed by atoms with Crippen molar-refractivity contribution in [2.24, 2.45) is 0 Å². The van der Waals surface area contributed by atoms with E-state index in [-0.39, 0.29) is 32.8 Å². The largest absolute Gasteiger partial charge is 0.416 e. The molecular formula is C12H8Cl2F3N3O2S. The Hall–Kier alpha value is -1.58. The molecular weight excluding hydrogens is 378 g/mol. The first kappa shape index (κ1) is 17.8. The number of halogens is 5. The van der Waals surface area contributed by atoms with Gasteiger partial charge in [-0.05, 0) is 19.1 Å². The van der Waals surface area contributed by atoms with Gasteiger partial charge in [0.05, 0.1) is 21.3 Å². The number of thiol groups is 1. The first-order chi connectivity index (χ1) is 10.6. The topological polar surface area (TPSA) is 70.1 Å². The van der Waals surface area contributed by atoms with Crippen LogP contribution in [-0.4, -0.2) is 15.7 Å². The summed E-state index contributed by atoms with van der Waals surface area (Å²) >= 11 is 15.2. The van der Waals surface area contributed by atoms with Crippen LogP contribution in [0.2, 0.25) is 10.0 Å². The Morgan fingerprint density at radius 2 is 1.87 bits per heavy atom. The molecule has 124 valence electrons. The molecule has 2 N–H and O–H groups in total. The Balaban J connectivity index is 2.67. The summed E-state index contributed by atoms with van der Waals surface area (Å²) in [5.74, 6) is -1.06. The Morgan fingerprint density at radius 3 is 2.30 bits per heavy atom. The van der Waals surface area contributed by atoms with E-state index < -0.39 is 17.7 Å². The van der Waals surface area contributed by atoms with Gasteiger partial charge in [0, 0.05) is 12.9 Å². The Morgan fingerprint density at radius 1 is 1.35 bits per heavy atom. The predicted octanol–water partition coefficient (Wildman–Crippen LogP) is 4.09. The first-order valence-electron chi connectivity index (χ1n) is 5.85. The summed E-state index contributed by atoms with van der Waals surface area (Å²) in [4.78, 5) is 11.6. The van der Waals surface area contributed by atoms with Crippen LogP contribution in [0.3, 0.4) is 0 Å². The summed E-state index contributed by atoms with van der Waals surface area (Å²) in [6.45, 7) is 1.46. The molecule has 2 aromatic rings. The van der Waals surface area contributed by atoms with Crippen molar-refractivity contribution in [3.05, 3.63) is 39.0 Å². The molecule has 11 heteroatoms. The van der Waals surface area contributed by atoms with Gasteiger partial charge in [-0.1, -0.05) is 23.2 Å². The van der Waals surface area contributed by atoms with Gasteiger partial charge in [0.15, 0.2) is 0 Å². The van der Waals surface area contributed by atoms with E-state index in [0.717, 1.165) is 4.68 Å². The summed E-state index contributed by atoms with van der Waals surface area (Å²) in [5, 5.41) is 3.31. The Labute approximate surface area is 143 Å². The van der Waals surface area contributed by atoms with E-state index in [1.807, 2.05) is 0 Å². The van der Waals surface area contributed by atoms with E-state index in [1.165, 1.54) is 6.92 Å². The third kappa shape index (κ3) is 3.22. The molecule has 0 fully saturated rings. The number of benzene rings is 1. The highest BCUT2D eigenvalue weighted by Gasteiger charge is 2.33. The predicted molar refractivity (Wildman–Crippen MR) is 82.1 cm³/mol. The minimum absolute atomic E-state index is 0.0832.